The van der Waals surface area contributed by atoms with Crippen molar-refractivity contribution < 1.29 is 17.0 Å². The Kier molecular flexibility index (Phi) is 4.04. The summed E-state index contributed by atoms with van der Waals surface area (Å²) in [7, 11) is -3.86. The van der Waals surface area contributed by atoms with Crippen LogP contribution in [0.1, 0.15) is 19.4 Å². The van der Waals surface area contributed by atoms with E-state index in [0.29, 0.717) is 0 Å². The zero-order chi connectivity index (χ0) is 12.3. The summed E-state index contributed by atoms with van der Waals surface area (Å²) in [6, 6.07) is 6.22. The maximum Gasteiger partial charge on any atom is 0.297 e. The first-order valence-corrected chi connectivity index (χ1v) is 6.38. The molecule has 0 radical (unpaired) electrons. The normalized spacial score (nSPS) is 15.8. The summed E-state index contributed by atoms with van der Waals surface area (Å²) in [6.45, 7) is 4.50. The summed E-state index contributed by atoms with van der Waals surface area (Å²) in [5.74, 6) is 0. The molecule has 0 aliphatic heterocycles. The highest BCUT2D eigenvalue weighted by Gasteiger charge is 2.22. The van der Waals surface area contributed by atoms with Crippen molar-refractivity contribution in [2.24, 2.45) is 0 Å². The lowest BCUT2D eigenvalue weighted by atomic mass is 10.2. The number of alkyl halides is 1. The number of halogens is 1. The van der Waals surface area contributed by atoms with Gasteiger partial charge in [-0.2, -0.15) is 8.42 Å². The lowest BCUT2D eigenvalue weighted by Gasteiger charge is -2.13. The van der Waals surface area contributed by atoms with E-state index in [4.69, 9.17) is 4.18 Å². The zero-order valence-electron chi connectivity index (χ0n) is 9.48. The predicted molar refractivity (Wildman–Crippen MR) is 59.5 cm³/mol. The molecule has 0 bridgehead atoms. The maximum atomic E-state index is 12.8. The summed E-state index contributed by atoms with van der Waals surface area (Å²) in [6.07, 6.45) is -2.31. The second-order valence-corrected chi connectivity index (χ2v) is 5.32. The molecule has 5 heteroatoms. The van der Waals surface area contributed by atoms with E-state index in [-0.39, 0.29) is 4.90 Å². The van der Waals surface area contributed by atoms with Gasteiger partial charge in [0, 0.05) is 0 Å². The van der Waals surface area contributed by atoms with Crippen LogP contribution in [0.4, 0.5) is 4.39 Å². The predicted octanol–water partition coefficient (Wildman–Crippen LogP) is 2.45. The van der Waals surface area contributed by atoms with Crippen LogP contribution in [0.2, 0.25) is 0 Å². The molecule has 1 rings (SSSR count). The Morgan fingerprint density at radius 2 is 1.69 bits per heavy atom. The van der Waals surface area contributed by atoms with Crippen LogP contribution >= 0.6 is 0 Å². The average molecular weight is 246 g/mol. The molecule has 0 N–H and O–H groups in total. The van der Waals surface area contributed by atoms with E-state index in [0.717, 1.165) is 5.56 Å². The molecule has 2 atom stereocenters. The molecule has 1 aromatic carbocycles. The van der Waals surface area contributed by atoms with Crippen molar-refractivity contribution in [2.45, 2.75) is 37.9 Å². The summed E-state index contributed by atoms with van der Waals surface area (Å²) < 4.78 is 40.9. The SMILES string of the molecule is Cc1ccc(S(=O)(=O)OC(C)C(C)F)cc1. The van der Waals surface area contributed by atoms with Crippen LogP contribution < -0.4 is 0 Å². The first-order valence-electron chi connectivity index (χ1n) is 4.97. The molecule has 0 fully saturated rings. The average Bonchev–Trinajstić information content (AvgIpc) is 2.17. The van der Waals surface area contributed by atoms with Crippen LogP contribution in [0, 0.1) is 6.92 Å². The van der Waals surface area contributed by atoms with Crippen molar-refractivity contribution >= 4 is 10.1 Å². The van der Waals surface area contributed by atoms with Crippen molar-refractivity contribution in [3.8, 4) is 0 Å². The fourth-order valence-corrected chi connectivity index (χ4v) is 2.17. The van der Waals surface area contributed by atoms with Crippen molar-refractivity contribution in [1.29, 1.82) is 0 Å². The molecule has 0 aliphatic rings. The molecule has 0 amide bonds. The Balaban J connectivity index is 2.90. The van der Waals surface area contributed by atoms with Gasteiger partial charge in [0.05, 0.1) is 4.90 Å². The Morgan fingerprint density at radius 1 is 1.19 bits per heavy atom. The van der Waals surface area contributed by atoms with E-state index in [1.54, 1.807) is 12.1 Å². The van der Waals surface area contributed by atoms with E-state index in [1.807, 2.05) is 6.92 Å². The van der Waals surface area contributed by atoms with Crippen LogP contribution in [0.25, 0.3) is 0 Å². The van der Waals surface area contributed by atoms with E-state index >= 15 is 0 Å². The maximum absolute atomic E-state index is 12.8. The topological polar surface area (TPSA) is 43.4 Å². The molecule has 1 aromatic rings. The summed E-state index contributed by atoms with van der Waals surface area (Å²) in [4.78, 5) is 0.0469. The second-order valence-electron chi connectivity index (χ2n) is 3.75. The van der Waals surface area contributed by atoms with Gasteiger partial charge < -0.3 is 0 Å². The highest BCUT2D eigenvalue weighted by molar-refractivity contribution is 7.86. The van der Waals surface area contributed by atoms with Crippen molar-refractivity contribution in [3.63, 3.8) is 0 Å². The Morgan fingerprint density at radius 3 is 2.12 bits per heavy atom. The molecule has 0 aliphatic carbocycles. The first-order chi connectivity index (χ1) is 7.33. The molecular weight excluding hydrogens is 231 g/mol. The van der Waals surface area contributed by atoms with Crippen LogP contribution in [0.5, 0.6) is 0 Å². The molecule has 0 spiro atoms. The standard InChI is InChI=1S/C11H15FO3S/c1-8-4-6-11(7-5-8)16(13,14)15-10(3)9(2)12/h4-7,9-10H,1-3H3. The molecule has 0 heterocycles. The number of rotatable bonds is 4. The number of benzene rings is 1. The van der Waals surface area contributed by atoms with E-state index in [2.05, 4.69) is 0 Å². The van der Waals surface area contributed by atoms with Gasteiger partial charge in [-0.05, 0) is 32.9 Å². The Labute approximate surface area is 95.4 Å². The number of aryl methyl sites for hydroxylation is 1. The van der Waals surface area contributed by atoms with Crippen molar-refractivity contribution in [3.05, 3.63) is 29.8 Å². The molecule has 3 nitrogen and oxygen atoms in total. The zero-order valence-corrected chi connectivity index (χ0v) is 10.3. The third-order valence-corrected chi connectivity index (χ3v) is 3.64. The molecule has 16 heavy (non-hydrogen) atoms. The summed E-state index contributed by atoms with van der Waals surface area (Å²) in [5.41, 5.74) is 0.950. The summed E-state index contributed by atoms with van der Waals surface area (Å²) in [5, 5.41) is 0. The van der Waals surface area contributed by atoms with Crippen LogP contribution in [-0.4, -0.2) is 20.7 Å². The van der Waals surface area contributed by atoms with Crippen molar-refractivity contribution in [1.82, 2.24) is 0 Å². The van der Waals surface area contributed by atoms with E-state index in [9.17, 15) is 12.8 Å². The van der Waals surface area contributed by atoms with Gasteiger partial charge in [0.25, 0.3) is 10.1 Å². The minimum Gasteiger partial charge on any atom is -0.260 e. The van der Waals surface area contributed by atoms with Crippen LogP contribution in [-0.2, 0) is 14.3 Å². The molecule has 90 valence electrons. The third-order valence-electron chi connectivity index (χ3n) is 2.23. The molecule has 0 saturated heterocycles. The monoisotopic (exact) mass is 246 g/mol. The molecular formula is C11H15FO3S. The smallest absolute Gasteiger partial charge is 0.260 e. The highest BCUT2D eigenvalue weighted by Crippen LogP contribution is 2.16. The Bertz CT molecular complexity index is 437. The molecule has 2 unspecified atom stereocenters. The quantitative estimate of drug-likeness (QED) is 0.766. The van der Waals surface area contributed by atoms with Gasteiger partial charge in [0.2, 0.25) is 0 Å². The van der Waals surface area contributed by atoms with Gasteiger partial charge >= 0.3 is 0 Å². The van der Waals surface area contributed by atoms with Gasteiger partial charge in [0.15, 0.2) is 0 Å². The van der Waals surface area contributed by atoms with Gasteiger partial charge in [0.1, 0.15) is 12.3 Å². The van der Waals surface area contributed by atoms with Crippen LogP contribution in [0.15, 0.2) is 29.2 Å². The van der Waals surface area contributed by atoms with Gasteiger partial charge in [-0.25, -0.2) is 4.39 Å². The lowest BCUT2D eigenvalue weighted by Crippen LogP contribution is -2.23. The number of hydrogen-bond acceptors (Lipinski definition) is 3. The minimum absolute atomic E-state index is 0.0469. The third kappa shape index (κ3) is 3.28. The minimum atomic E-state index is -3.86. The largest absolute Gasteiger partial charge is 0.297 e. The Hall–Kier alpha value is -0.940. The second kappa shape index (κ2) is 4.93. The van der Waals surface area contributed by atoms with Gasteiger partial charge in [-0.3, -0.25) is 4.18 Å². The fourth-order valence-electron chi connectivity index (χ4n) is 1.04. The highest BCUT2D eigenvalue weighted by atomic mass is 32.2. The van der Waals surface area contributed by atoms with E-state index < -0.39 is 22.4 Å². The fraction of sp³-hybridized carbons (Fsp3) is 0.455. The lowest BCUT2D eigenvalue weighted by molar-refractivity contribution is 0.132. The van der Waals surface area contributed by atoms with Crippen LogP contribution in [0.3, 0.4) is 0 Å². The molecule has 0 aromatic heterocycles. The summed E-state index contributed by atoms with van der Waals surface area (Å²) >= 11 is 0. The van der Waals surface area contributed by atoms with Crippen molar-refractivity contribution in [2.75, 3.05) is 0 Å². The number of hydrogen-bond donors (Lipinski definition) is 0. The first kappa shape index (κ1) is 13.1. The van der Waals surface area contributed by atoms with Gasteiger partial charge in [-0.1, -0.05) is 17.7 Å². The van der Waals surface area contributed by atoms with E-state index in [1.165, 1.54) is 26.0 Å². The molecule has 0 saturated carbocycles. The van der Waals surface area contributed by atoms with Gasteiger partial charge in [-0.15, -0.1) is 0 Å².